The number of phenols is 1. The van der Waals surface area contributed by atoms with E-state index in [1.165, 1.54) is 31.4 Å². The fraction of sp³-hybridized carbons (Fsp3) is 0.118. The number of hydrogen-bond acceptors (Lipinski definition) is 5. The second-order valence-corrected chi connectivity index (χ2v) is 4.60. The molecule has 0 saturated heterocycles. The summed E-state index contributed by atoms with van der Waals surface area (Å²) in [6, 6.07) is 12.3. The fourth-order valence-corrected chi connectivity index (χ4v) is 1.98. The minimum absolute atomic E-state index is 0.0607. The zero-order valence-electron chi connectivity index (χ0n) is 11.9. The first-order chi connectivity index (χ1) is 10.5. The highest BCUT2D eigenvalue weighted by Crippen LogP contribution is 2.25. The minimum Gasteiger partial charge on any atom is -0.507 e. The molecule has 0 aromatic heterocycles. The summed E-state index contributed by atoms with van der Waals surface area (Å²) < 4.78 is 4.94. The number of methoxy groups -OCH3 is 1. The van der Waals surface area contributed by atoms with Gasteiger partial charge in [-0.1, -0.05) is 12.1 Å². The van der Waals surface area contributed by atoms with E-state index in [2.05, 4.69) is 0 Å². The summed E-state index contributed by atoms with van der Waals surface area (Å²) in [5.41, 5.74) is 0.705. The van der Waals surface area contributed by atoms with Crippen LogP contribution in [0.25, 0.3) is 0 Å². The van der Waals surface area contributed by atoms with Gasteiger partial charge in [-0.25, -0.2) is 0 Å². The maximum atomic E-state index is 12.1. The highest BCUT2D eigenvalue weighted by atomic mass is 16.5. The number of nitriles is 1. The van der Waals surface area contributed by atoms with E-state index < -0.39 is 11.6 Å². The Morgan fingerprint density at radius 2 is 1.95 bits per heavy atom. The van der Waals surface area contributed by atoms with Crippen molar-refractivity contribution in [3.63, 3.8) is 0 Å². The van der Waals surface area contributed by atoms with Gasteiger partial charge in [0.25, 0.3) is 0 Å². The Balaban J connectivity index is 2.18. The molecule has 1 N–H and O–H groups in total. The normalized spacial score (nSPS) is 9.82. The van der Waals surface area contributed by atoms with Crippen molar-refractivity contribution in [3.8, 4) is 17.6 Å². The lowest BCUT2D eigenvalue weighted by atomic mass is 10.00. The number of nitrogens with zero attached hydrogens (tertiary/aromatic N) is 1. The van der Waals surface area contributed by atoms with Crippen LogP contribution in [0, 0.1) is 11.3 Å². The van der Waals surface area contributed by atoms with Crippen molar-refractivity contribution in [2.45, 2.75) is 6.42 Å². The number of hydrogen-bond donors (Lipinski definition) is 1. The third-order valence-electron chi connectivity index (χ3n) is 3.14. The SMILES string of the molecule is COc1ccc(C(=O)CC(=O)c2cccc(C#N)c2)c(O)c1. The number of benzene rings is 2. The Morgan fingerprint density at radius 3 is 2.59 bits per heavy atom. The van der Waals surface area contributed by atoms with Crippen molar-refractivity contribution in [2.24, 2.45) is 0 Å². The molecule has 0 bridgehead atoms. The third kappa shape index (κ3) is 3.30. The number of phenolic OH excluding ortho intramolecular Hbond substituents is 1. The average Bonchev–Trinajstić information content (AvgIpc) is 2.54. The molecule has 0 aliphatic rings. The predicted octanol–water partition coefficient (Wildman–Crippen LogP) is 2.73. The van der Waals surface area contributed by atoms with Gasteiger partial charge in [0.1, 0.15) is 11.5 Å². The molecule has 22 heavy (non-hydrogen) atoms. The molecular weight excluding hydrogens is 282 g/mol. The minimum atomic E-state index is -0.493. The molecule has 5 nitrogen and oxygen atoms in total. The number of ether oxygens (including phenoxy) is 1. The lowest BCUT2D eigenvalue weighted by Crippen LogP contribution is -2.09. The Bertz CT molecular complexity index is 774. The number of carbonyl (C=O) groups excluding carboxylic acids is 2. The van der Waals surface area contributed by atoms with Crippen LogP contribution in [0.2, 0.25) is 0 Å². The molecule has 0 spiro atoms. The molecule has 2 rings (SSSR count). The van der Waals surface area contributed by atoms with Crippen molar-refractivity contribution in [1.82, 2.24) is 0 Å². The molecular formula is C17H13NO4. The smallest absolute Gasteiger partial charge is 0.174 e. The van der Waals surface area contributed by atoms with E-state index in [4.69, 9.17) is 10.00 Å². The maximum absolute atomic E-state index is 12.1. The first-order valence-electron chi connectivity index (χ1n) is 6.48. The summed E-state index contributed by atoms with van der Waals surface area (Å²) in [6.45, 7) is 0. The van der Waals surface area contributed by atoms with Crippen LogP contribution in [0.1, 0.15) is 32.7 Å². The molecule has 0 aliphatic heterocycles. The Labute approximate surface area is 127 Å². The molecule has 5 heteroatoms. The van der Waals surface area contributed by atoms with E-state index in [0.29, 0.717) is 16.9 Å². The summed E-state index contributed by atoms with van der Waals surface area (Å²) in [6.07, 6.45) is -0.380. The van der Waals surface area contributed by atoms with E-state index in [0.717, 1.165) is 0 Å². The molecule has 110 valence electrons. The number of ketones is 2. The van der Waals surface area contributed by atoms with Gasteiger partial charge in [0.05, 0.1) is 30.7 Å². The molecule has 0 unspecified atom stereocenters. The van der Waals surface area contributed by atoms with E-state index in [1.54, 1.807) is 18.2 Å². The zero-order valence-corrected chi connectivity index (χ0v) is 11.9. The van der Waals surface area contributed by atoms with Gasteiger partial charge in [0.15, 0.2) is 11.6 Å². The van der Waals surface area contributed by atoms with E-state index in [-0.39, 0.29) is 17.7 Å². The number of aromatic hydroxyl groups is 1. The average molecular weight is 295 g/mol. The molecule has 0 radical (unpaired) electrons. The van der Waals surface area contributed by atoms with Gasteiger partial charge >= 0.3 is 0 Å². The van der Waals surface area contributed by atoms with E-state index >= 15 is 0 Å². The summed E-state index contributed by atoms with van der Waals surface area (Å²) in [5.74, 6) is -0.713. The van der Waals surface area contributed by atoms with Gasteiger partial charge < -0.3 is 9.84 Å². The van der Waals surface area contributed by atoms with Crippen molar-refractivity contribution >= 4 is 11.6 Å². The summed E-state index contributed by atoms with van der Waals surface area (Å²) >= 11 is 0. The molecule has 0 saturated carbocycles. The summed E-state index contributed by atoms with van der Waals surface area (Å²) in [4.78, 5) is 24.2. The quantitative estimate of drug-likeness (QED) is 0.677. The van der Waals surface area contributed by atoms with E-state index in [9.17, 15) is 14.7 Å². The second-order valence-electron chi connectivity index (χ2n) is 4.60. The number of carbonyl (C=O) groups is 2. The van der Waals surface area contributed by atoms with Crippen LogP contribution in [-0.4, -0.2) is 23.8 Å². The standard InChI is InChI=1S/C17H13NO4/c1-22-13-5-6-14(16(20)8-13)17(21)9-15(19)12-4-2-3-11(7-12)10-18/h2-8,20H,9H2,1H3. The highest BCUT2D eigenvalue weighted by molar-refractivity contribution is 6.14. The van der Waals surface area contributed by atoms with Crippen LogP contribution in [0.4, 0.5) is 0 Å². The zero-order chi connectivity index (χ0) is 16.1. The van der Waals surface area contributed by atoms with Gasteiger partial charge in [-0.05, 0) is 24.3 Å². The van der Waals surface area contributed by atoms with Crippen molar-refractivity contribution in [2.75, 3.05) is 7.11 Å². The molecule has 0 amide bonds. The molecule has 2 aromatic rings. The van der Waals surface area contributed by atoms with Crippen molar-refractivity contribution < 1.29 is 19.4 Å². The number of rotatable bonds is 5. The molecule has 0 atom stereocenters. The molecule has 0 heterocycles. The third-order valence-corrected chi connectivity index (χ3v) is 3.14. The van der Waals surface area contributed by atoms with E-state index in [1.807, 2.05) is 6.07 Å². The summed E-state index contributed by atoms with van der Waals surface area (Å²) in [7, 11) is 1.45. The van der Waals surface area contributed by atoms with Crippen LogP contribution in [-0.2, 0) is 0 Å². The Kier molecular flexibility index (Phi) is 4.54. The van der Waals surface area contributed by atoms with Crippen molar-refractivity contribution in [3.05, 3.63) is 59.2 Å². The predicted molar refractivity (Wildman–Crippen MR) is 79.1 cm³/mol. The van der Waals surface area contributed by atoms with Crippen molar-refractivity contribution in [1.29, 1.82) is 5.26 Å². The van der Waals surface area contributed by atoms with Gasteiger partial charge in [0, 0.05) is 11.6 Å². The second kappa shape index (κ2) is 6.55. The van der Waals surface area contributed by atoms with Gasteiger partial charge in [0.2, 0.25) is 0 Å². The largest absolute Gasteiger partial charge is 0.507 e. The number of Topliss-reactive ketones (excluding diaryl/α,β-unsaturated/α-hetero) is 2. The first kappa shape index (κ1) is 15.3. The molecule has 2 aromatic carbocycles. The van der Waals surface area contributed by atoms with Crippen LogP contribution in [0.3, 0.4) is 0 Å². The fourth-order valence-electron chi connectivity index (χ4n) is 1.98. The Morgan fingerprint density at radius 1 is 1.18 bits per heavy atom. The van der Waals surface area contributed by atoms with Gasteiger partial charge in [-0.15, -0.1) is 0 Å². The lowest BCUT2D eigenvalue weighted by Gasteiger charge is -2.06. The van der Waals surface area contributed by atoms with Crippen LogP contribution in [0.5, 0.6) is 11.5 Å². The maximum Gasteiger partial charge on any atom is 0.174 e. The monoisotopic (exact) mass is 295 g/mol. The topological polar surface area (TPSA) is 87.4 Å². The molecule has 0 aliphatic carbocycles. The molecule has 0 fully saturated rings. The van der Waals surface area contributed by atoms with Crippen LogP contribution < -0.4 is 4.74 Å². The van der Waals surface area contributed by atoms with Gasteiger partial charge in [-0.3, -0.25) is 9.59 Å². The lowest BCUT2D eigenvalue weighted by molar-refractivity contribution is 0.0893. The van der Waals surface area contributed by atoms with Crippen LogP contribution >= 0.6 is 0 Å². The van der Waals surface area contributed by atoms with Crippen LogP contribution in [0.15, 0.2) is 42.5 Å². The summed E-state index contributed by atoms with van der Waals surface area (Å²) in [5, 5.41) is 18.6. The highest BCUT2D eigenvalue weighted by Gasteiger charge is 2.17. The Hall–Kier alpha value is -3.13. The van der Waals surface area contributed by atoms with Gasteiger partial charge in [-0.2, -0.15) is 5.26 Å². The first-order valence-corrected chi connectivity index (χ1v) is 6.48.